The SMILES string of the molecule is Cc1ccc(CNC(=O)c2ccccc2NCc2cccc(C#N)c2)cc1. The maximum Gasteiger partial charge on any atom is 0.253 e. The summed E-state index contributed by atoms with van der Waals surface area (Å²) in [4.78, 5) is 12.6. The first kappa shape index (κ1) is 18.2. The van der Waals surface area contributed by atoms with Gasteiger partial charge in [-0.15, -0.1) is 0 Å². The fourth-order valence-corrected chi connectivity index (χ4v) is 2.77. The summed E-state index contributed by atoms with van der Waals surface area (Å²) in [6.45, 7) is 3.06. The molecule has 0 heterocycles. The number of benzene rings is 3. The molecule has 0 aliphatic rings. The number of amides is 1. The highest BCUT2D eigenvalue weighted by atomic mass is 16.1. The summed E-state index contributed by atoms with van der Waals surface area (Å²) in [6, 6.07) is 25.1. The number of rotatable bonds is 6. The lowest BCUT2D eigenvalue weighted by molar-refractivity contribution is 0.0951. The van der Waals surface area contributed by atoms with Gasteiger partial charge in [0.15, 0.2) is 0 Å². The van der Waals surface area contributed by atoms with Crippen LogP contribution >= 0.6 is 0 Å². The third-order valence-electron chi connectivity index (χ3n) is 4.28. The first-order valence-corrected chi connectivity index (χ1v) is 8.81. The Morgan fingerprint density at radius 2 is 1.70 bits per heavy atom. The van der Waals surface area contributed by atoms with Crippen molar-refractivity contribution in [2.45, 2.75) is 20.0 Å². The van der Waals surface area contributed by atoms with Crippen LogP contribution in [-0.4, -0.2) is 5.91 Å². The van der Waals surface area contributed by atoms with E-state index in [9.17, 15) is 4.79 Å². The second-order valence-electron chi connectivity index (χ2n) is 6.38. The monoisotopic (exact) mass is 355 g/mol. The average molecular weight is 355 g/mol. The minimum Gasteiger partial charge on any atom is -0.380 e. The largest absolute Gasteiger partial charge is 0.380 e. The molecule has 3 aromatic carbocycles. The van der Waals surface area contributed by atoms with E-state index < -0.39 is 0 Å². The standard InChI is InChI=1S/C23H21N3O/c1-17-9-11-18(12-10-17)15-26-23(27)21-7-2-3-8-22(21)25-16-20-6-4-5-19(13-20)14-24/h2-13,25H,15-16H2,1H3,(H,26,27). The highest BCUT2D eigenvalue weighted by Crippen LogP contribution is 2.17. The summed E-state index contributed by atoms with van der Waals surface area (Å²) in [6.07, 6.45) is 0. The van der Waals surface area contributed by atoms with Crippen LogP contribution in [0.3, 0.4) is 0 Å². The van der Waals surface area contributed by atoms with Crippen molar-refractivity contribution in [3.63, 3.8) is 0 Å². The van der Waals surface area contributed by atoms with Crippen molar-refractivity contribution in [3.8, 4) is 6.07 Å². The third kappa shape index (κ3) is 4.96. The highest BCUT2D eigenvalue weighted by Gasteiger charge is 2.10. The Kier molecular flexibility index (Phi) is 5.86. The lowest BCUT2D eigenvalue weighted by Gasteiger charge is -2.13. The van der Waals surface area contributed by atoms with Crippen LogP contribution in [-0.2, 0) is 13.1 Å². The molecule has 0 aliphatic heterocycles. The van der Waals surface area contributed by atoms with E-state index in [4.69, 9.17) is 5.26 Å². The Balaban J connectivity index is 1.66. The smallest absolute Gasteiger partial charge is 0.253 e. The van der Waals surface area contributed by atoms with E-state index in [0.29, 0.717) is 24.2 Å². The summed E-state index contributed by atoms with van der Waals surface area (Å²) in [5, 5.41) is 15.3. The Morgan fingerprint density at radius 1 is 0.926 bits per heavy atom. The fourth-order valence-electron chi connectivity index (χ4n) is 2.77. The molecule has 0 unspecified atom stereocenters. The van der Waals surface area contributed by atoms with E-state index in [0.717, 1.165) is 16.8 Å². The number of carbonyl (C=O) groups excluding carboxylic acids is 1. The minimum atomic E-state index is -0.121. The van der Waals surface area contributed by atoms with Gasteiger partial charge in [0, 0.05) is 18.8 Å². The molecule has 27 heavy (non-hydrogen) atoms. The molecule has 0 radical (unpaired) electrons. The Hall–Kier alpha value is -3.58. The molecule has 0 saturated heterocycles. The molecule has 0 saturated carbocycles. The number of nitriles is 1. The molecule has 0 spiro atoms. The number of para-hydroxylation sites is 1. The van der Waals surface area contributed by atoms with Crippen molar-refractivity contribution in [2.24, 2.45) is 0 Å². The third-order valence-corrected chi connectivity index (χ3v) is 4.28. The van der Waals surface area contributed by atoms with Crippen molar-refractivity contribution in [2.75, 3.05) is 5.32 Å². The normalized spacial score (nSPS) is 10.1. The average Bonchev–Trinajstić information content (AvgIpc) is 2.72. The van der Waals surface area contributed by atoms with Gasteiger partial charge in [0.25, 0.3) is 5.91 Å². The van der Waals surface area contributed by atoms with Gasteiger partial charge in [0.2, 0.25) is 0 Å². The Labute approximate surface area is 159 Å². The number of hydrogen-bond acceptors (Lipinski definition) is 3. The molecule has 2 N–H and O–H groups in total. The number of aryl methyl sites for hydroxylation is 1. The maximum absolute atomic E-state index is 12.6. The minimum absolute atomic E-state index is 0.121. The number of nitrogens with zero attached hydrogens (tertiary/aromatic N) is 1. The van der Waals surface area contributed by atoms with E-state index in [2.05, 4.69) is 16.7 Å². The molecule has 4 nitrogen and oxygen atoms in total. The van der Waals surface area contributed by atoms with Crippen LogP contribution in [0.2, 0.25) is 0 Å². The topological polar surface area (TPSA) is 64.9 Å². The van der Waals surface area contributed by atoms with Gasteiger partial charge in [0.05, 0.1) is 17.2 Å². The quantitative estimate of drug-likeness (QED) is 0.688. The number of hydrogen-bond donors (Lipinski definition) is 2. The van der Waals surface area contributed by atoms with E-state index >= 15 is 0 Å². The van der Waals surface area contributed by atoms with Crippen molar-refractivity contribution in [3.05, 3.63) is 101 Å². The number of anilines is 1. The molecule has 134 valence electrons. The molecular formula is C23H21N3O. The molecule has 0 aliphatic carbocycles. The number of nitrogens with one attached hydrogen (secondary N) is 2. The summed E-state index contributed by atoms with van der Waals surface area (Å²) in [7, 11) is 0. The summed E-state index contributed by atoms with van der Waals surface area (Å²) in [5.74, 6) is -0.121. The maximum atomic E-state index is 12.6. The Bertz CT molecular complexity index is 971. The van der Waals surface area contributed by atoms with Crippen molar-refractivity contribution in [1.82, 2.24) is 5.32 Å². The predicted molar refractivity (Wildman–Crippen MR) is 107 cm³/mol. The zero-order valence-electron chi connectivity index (χ0n) is 15.2. The zero-order valence-corrected chi connectivity index (χ0v) is 15.2. The first-order chi connectivity index (χ1) is 13.2. The van der Waals surface area contributed by atoms with E-state index in [-0.39, 0.29) is 5.91 Å². The van der Waals surface area contributed by atoms with Gasteiger partial charge in [-0.1, -0.05) is 54.1 Å². The van der Waals surface area contributed by atoms with Crippen LogP contribution in [0.5, 0.6) is 0 Å². The van der Waals surface area contributed by atoms with E-state index in [1.165, 1.54) is 5.56 Å². The van der Waals surface area contributed by atoms with Crippen LogP contribution < -0.4 is 10.6 Å². The summed E-state index contributed by atoms with van der Waals surface area (Å²) < 4.78 is 0. The molecular weight excluding hydrogens is 334 g/mol. The van der Waals surface area contributed by atoms with Gasteiger partial charge >= 0.3 is 0 Å². The van der Waals surface area contributed by atoms with Crippen LogP contribution in [0.15, 0.2) is 72.8 Å². The molecule has 1 amide bonds. The molecule has 0 bridgehead atoms. The Morgan fingerprint density at radius 3 is 2.48 bits per heavy atom. The zero-order chi connectivity index (χ0) is 19.1. The van der Waals surface area contributed by atoms with Gasteiger partial charge in [-0.25, -0.2) is 0 Å². The molecule has 4 heteroatoms. The second kappa shape index (κ2) is 8.68. The van der Waals surface area contributed by atoms with E-state index in [1.807, 2.05) is 67.6 Å². The van der Waals surface area contributed by atoms with Crippen LogP contribution in [0.4, 0.5) is 5.69 Å². The highest BCUT2D eigenvalue weighted by molar-refractivity contribution is 5.99. The number of carbonyl (C=O) groups is 1. The molecule has 0 fully saturated rings. The molecule has 3 rings (SSSR count). The molecule has 0 atom stereocenters. The van der Waals surface area contributed by atoms with Gasteiger partial charge in [-0.2, -0.15) is 5.26 Å². The van der Waals surface area contributed by atoms with Gasteiger partial charge in [0.1, 0.15) is 0 Å². The lowest BCUT2D eigenvalue weighted by atomic mass is 10.1. The van der Waals surface area contributed by atoms with Crippen molar-refractivity contribution < 1.29 is 4.79 Å². The van der Waals surface area contributed by atoms with Crippen LogP contribution in [0.25, 0.3) is 0 Å². The second-order valence-corrected chi connectivity index (χ2v) is 6.38. The van der Waals surface area contributed by atoms with Gasteiger partial charge < -0.3 is 10.6 Å². The molecule has 0 aromatic heterocycles. The first-order valence-electron chi connectivity index (χ1n) is 8.81. The lowest BCUT2D eigenvalue weighted by Crippen LogP contribution is -2.24. The van der Waals surface area contributed by atoms with Crippen molar-refractivity contribution >= 4 is 11.6 Å². The van der Waals surface area contributed by atoms with Gasteiger partial charge in [-0.3, -0.25) is 4.79 Å². The van der Waals surface area contributed by atoms with Crippen LogP contribution in [0.1, 0.15) is 32.6 Å². The summed E-state index contributed by atoms with van der Waals surface area (Å²) in [5.41, 5.74) is 5.23. The van der Waals surface area contributed by atoms with Crippen molar-refractivity contribution in [1.29, 1.82) is 5.26 Å². The van der Waals surface area contributed by atoms with Crippen LogP contribution in [0, 0.1) is 18.3 Å². The van der Waals surface area contributed by atoms with Gasteiger partial charge in [-0.05, 0) is 42.3 Å². The molecule has 3 aromatic rings. The summed E-state index contributed by atoms with van der Waals surface area (Å²) >= 11 is 0. The fraction of sp³-hybridized carbons (Fsp3) is 0.130. The van der Waals surface area contributed by atoms with E-state index in [1.54, 1.807) is 12.1 Å². The predicted octanol–water partition coefficient (Wildman–Crippen LogP) is 4.41.